The predicted molar refractivity (Wildman–Crippen MR) is 116 cm³/mol. The molecule has 26 heavy (non-hydrogen) atoms. The summed E-state index contributed by atoms with van der Waals surface area (Å²) in [5.74, 6) is 2.34. The maximum atomic E-state index is 6.07. The standard InChI is InChI=1S/C19H32N4O2.HI/c1-15-5-7-17(8-6-15)25-18-13-16(9-11-21-18)14-23-19(20-2)22-10-4-12-24-3;/h9,11,13,15,17H,4-8,10,12,14H2,1-3H3,(H2,20,22,23);1H. The molecule has 6 nitrogen and oxygen atoms in total. The van der Waals surface area contributed by atoms with Crippen LogP contribution in [0.1, 0.15) is 44.6 Å². The van der Waals surface area contributed by atoms with Gasteiger partial charge in [-0.25, -0.2) is 4.98 Å². The lowest BCUT2D eigenvalue weighted by atomic mass is 9.89. The molecule has 1 aromatic rings. The number of aromatic nitrogens is 1. The van der Waals surface area contributed by atoms with E-state index >= 15 is 0 Å². The van der Waals surface area contributed by atoms with Gasteiger partial charge in [-0.05, 0) is 49.7 Å². The van der Waals surface area contributed by atoms with Crippen molar-refractivity contribution in [1.82, 2.24) is 15.6 Å². The molecule has 0 bridgehead atoms. The summed E-state index contributed by atoms with van der Waals surface area (Å²) in [5.41, 5.74) is 1.13. The zero-order valence-corrected chi connectivity index (χ0v) is 18.5. The van der Waals surface area contributed by atoms with Crippen molar-refractivity contribution in [3.8, 4) is 5.88 Å². The quantitative estimate of drug-likeness (QED) is 0.261. The predicted octanol–water partition coefficient (Wildman–Crippen LogP) is 3.36. The first-order valence-electron chi connectivity index (χ1n) is 9.26. The topological polar surface area (TPSA) is 67.8 Å². The van der Waals surface area contributed by atoms with Crippen LogP contribution in [0.2, 0.25) is 0 Å². The summed E-state index contributed by atoms with van der Waals surface area (Å²) in [6.45, 7) is 4.58. The highest BCUT2D eigenvalue weighted by Crippen LogP contribution is 2.26. The molecule has 1 fully saturated rings. The molecule has 0 aliphatic heterocycles. The maximum absolute atomic E-state index is 6.07. The summed E-state index contributed by atoms with van der Waals surface area (Å²) in [6.07, 6.45) is 7.82. The SMILES string of the molecule is CN=C(NCCCOC)NCc1ccnc(OC2CCC(C)CC2)c1.I. The van der Waals surface area contributed by atoms with Gasteiger partial charge in [0.25, 0.3) is 0 Å². The Labute approximate surface area is 174 Å². The fraction of sp³-hybridized carbons (Fsp3) is 0.684. The van der Waals surface area contributed by atoms with E-state index in [4.69, 9.17) is 9.47 Å². The van der Waals surface area contributed by atoms with Crippen LogP contribution in [0.3, 0.4) is 0 Å². The van der Waals surface area contributed by atoms with Crippen LogP contribution in [0, 0.1) is 5.92 Å². The Morgan fingerprint density at radius 2 is 2.04 bits per heavy atom. The van der Waals surface area contributed by atoms with Crippen LogP contribution in [-0.2, 0) is 11.3 Å². The molecule has 1 aromatic heterocycles. The van der Waals surface area contributed by atoms with Gasteiger partial charge in [0.15, 0.2) is 5.96 Å². The molecular formula is C19H33IN4O2. The molecule has 1 aliphatic carbocycles. The second-order valence-electron chi connectivity index (χ2n) is 6.70. The normalized spacial score (nSPS) is 20.2. The van der Waals surface area contributed by atoms with Gasteiger partial charge in [-0.3, -0.25) is 4.99 Å². The van der Waals surface area contributed by atoms with E-state index in [9.17, 15) is 0 Å². The first-order valence-corrected chi connectivity index (χ1v) is 9.26. The number of ether oxygens (including phenoxy) is 2. The first-order chi connectivity index (χ1) is 12.2. The highest BCUT2D eigenvalue weighted by atomic mass is 127. The molecule has 1 heterocycles. The third-order valence-corrected chi connectivity index (χ3v) is 4.55. The zero-order chi connectivity index (χ0) is 17.9. The molecule has 0 atom stereocenters. The zero-order valence-electron chi connectivity index (χ0n) is 16.2. The minimum atomic E-state index is 0. The van der Waals surface area contributed by atoms with Crippen molar-refractivity contribution in [1.29, 1.82) is 0 Å². The van der Waals surface area contributed by atoms with Crippen molar-refractivity contribution in [3.63, 3.8) is 0 Å². The van der Waals surface area contributed by atoms with Crippen molar-refractivity contribution < 1.29 is 9.47 Å². The van der Waals surface area contributed by atoms with Crippen molar-refractivity contribution in [3.05, 3.63) is 23.9 Å². The Bertz CT molecular complexity index is 534. The van der Waals surface area contributed by atoms with Gasteiger partial charge < -0.3 is 20.1 Å². The fourth-order valence-corrected chi connectivity index (χ4v) is 2.97. The Balaban J connectivity index is 0.00000338. The number of halogens is 1. The first kappa shape index (κ1) is 23.0. The Kier molecular flexibility index (Phi) is 11.6. The fourth-order valence-electron chi connectivity index (χ4n) is 2.97. The summed E-state index contributed by atoms with van der Waals surface area (Å²) >= 11 is 0. The van der Waals surface area contributed by atoms with Crippen molar-refractivity contribution in [2.24, 2.45) is 10.9 Å². The molecule has 1 saturated carbocycles. The molecular weight excluding hydrogens is 443 g/mol. The van der Waals surface area contributed by atoms with Crippen LogP contribution >= 0.6 is 24.0 Å². The third kappa shape index (κ3) is 8.53. The van der Waals surface area contributed by atoms with Gasteiger partial charge in [0.05, 0.1) is 0 Å². The van der Waals surface area contributed by atoms with Crippen LogP contribution in [-0.4, -0.2) is 44.4 Å². The molecule has 0 saturated heterocycles. The van der Waals surface area contributed by atoms with Crippen molar-refractivity contribution >= 4 is 29.9 Å². The molecule has 2 N–H and O–H groups in total. The highest BCUT2D eigenvalue weighted by Gasteiger charge is 2.19. The third-order valence-electron chi connectivity index (χ3n) is 4.55. The van der Waals surface area contributed by atoms with Crippen molar-refractivity contribution in [2.45, 2.75) is 51.7 Å². The van der Waals surface area contributed by atoms with Gasteiger partial charge in [-0.15, -0.1) is 24.0 Å². The minimum Gasteiger partial charge on any atom is -0.474 e. The minimum absolute atomic E-state index is 0. The lowest BCUT2D eigenvalue weighted by Gasteiger charge is -2.26. The average Bonchev–Trinajstić information content (AvgIpc) is 2.63. The Morgan fingerprint density at radius 1 is 1.27 bits per heavy atom. The lowest BCUT2D eigenvalue weighted by molar-refractivity contribution is 0.130. The molecule has 148 valence electrons. The number of methoxy groups -OCH3 is 1. The van der Waals surface area contributed by atoms with Crippen LogP contribution < -0.4 is 15.4 Å². The number of aliphatic imine (C=N–C) groups is 1. The van der Waals surface area contributed by atoms with Gasteiger partial charge in [-0.1, -0.05) is 6.92 Å². The van der Waals surface area contributed by atoms with Gasteiger partial charge in [0.2, 0.25) is 5.88 Å². The van der Waals surface area contributed by atoms with Gasteiger partial charge in [0, 0.05) is 46.1 Å². The van der Waals surface area contributed by atoms with Crippen LogP contribution in [0.4, 0.5) is 0 Å². The van der Waals surface area contributed by atoms with E-state index in [-0.39, 0.29) is 24.0 Å². The summed E-state index contributed by atoms with van der Waals surface area (Å²) in [6, 6.07) is 4.02. The molecule has 0 aromatic carbocycles. The molecule has 0 amide bonds. The monoisotopic (exact) mass is 476 g/mol. The molecule has 7 heteroatoms. The number of nitrogens with one attached hydrogen (secondary N) is 2. The second kappa shape index (κ2) is 13.1. The summed E-state index contributed by atoms with van der Waals surface area (Å²) < 4.78 is 11.1. The lowest BCUT2D eigenvalue weighted by Crippen LogP contribution is -2.37. The maximum Gasteiger partial charge on any atom is 0.213 e. The van der Waals surface area contributed by atoms with E-state index in [1.807, 2.05) is 18.3 Å². The number of guanidine groups is 1. The summed E-state index contributed by atoms with van der Waals surface area (Å²) in [7, 11) is 3.49. The largest absolute Gasteiger partial charge is 0.474 e. The number of hydrogen-bond donors (Lipinski definition) is 2. The molecule has 2 rings (SSSR count). The van der Waals surface area contributed by atoms with Crippen molar-refractivity contribution in [2.75, 3.05) is 27.3 Å². The van der Waals surface area contributed by atoms with Gasteiger partial charge >= 0.3 is 0 Å². The Morgan fingerprint density at radius 3 is 2.73 bits per heavy atom. The average molecular weight is 476 g/mol. The van der Waals surface area contributed by atoms with E-state index in [1.54, 1.807) is 14.2 Å². The Hall–Kier alpha value is -1.09. The molecule has 0 radical (unpaired) electrons. The number of pyridine rings is 1. The van der Waals surface area contributed by atoms with E-state index in [1.165, 1.54) is 12.8 Å². The second-order valence-corrected chi connectivity index (χ2v) is 6.70. The van der Waals surface area contributed by atoms with Crippen LogP contribution in [0.25, 0.3) is 0 Å². The van der Waals surface area contributed by atoms with Gasteiger partial charge in [0.1, 0.15) is 6.10 Å². The molecule has 0 spiro atoms. The van der Waals surface area contributed by atoms with E-state index < -0.39 is 0 Å². The number of rotatable bonds is 8. The van der Waals surface area contributed by atoms with Crippen LogP contribution in [0.5, 0.6) is 5.88 Å². The summed E-state index contributed by atoms with van der Waals surface area (Å²) in [5, 5.41) is 6.58. The molecule has 1 aliphatic rings. The highest BCUT2D eigenvalue weighted by molar-refractivity contribution is 14.0. The van der Waals surface area contributed by atoms with E-state index in [0.29, 0.717) is 12.6 Å². The van der Waals surface area contributed by atoms with E-state index in [2.05, 4.69) is 27.5 Å². The number of nitrogens with zero attached hydrogens (tertiary/aromatic N) is 2. The van der Waals surface area contributed by atoms with Gasteiger partial charge in [-0.2, -0.15) is 0 Å². The summed E-state index contributed by atoms with van der Waals surface area (Å²) in [4.78, 5) is 8.59. The smallest absolute Gasteiger partial charge is 0.213 e. The number of hydrogen-bond acceptors (Lipinski definition) is 4. The molecule has 0 unspecified atom stereocenters. The van der Waals surface area contributed by atoms with Crippen LogP contribution in [0.15, 0.2) is 23.3 Å². The van der Waals surface area contributed by atoms with E-state index in [0.717, 1.165) is 55.7 Å².